The van der Waals surface area contributed by atoms with Gasteiger partial charge >= 0.3 is 0 Å². The van der Waals surface area contributed by atoms with Crippen LogP contribution in [0, 0.1) is 13.8 Å². The fourth-order valence-electron chi connectivity index (χ4n) is 2.39. The van der Waals surface area contributed by atoms with E-state index in [-0.39, 0.29) is 0 Å². The third-order valence-electron chi connectivity index (χ3n) is 3.52. The maximum atomic E-state index is 6.01. The average Bonchev–Trinajstić information content (AvgIpc) is 2.68. The number of benzene rings is 1. The molecule has 5 heteroatoms. The zero-order chi connectivity index (χ0) is 20.1. The van der Waals surface area contributed by atoms with E-state index in [4.69, 9.17) is 9.47 Å². The van der Waals surface area contributed by atoms with Crippen molar-refractivity contribution in [2.45, 2.75) is 41.2 Å². The molecule has 0 atom stereocenters. The van der Waals surface area contributed by atoms with Crippen molar-refractivity contribution in [1.29, 1.82) is 0 Å². The highest BCUT2D eigenvalue weighted by atomic mass is 16.6. The molecule has 27 heavy (non-hydrogen) atoms. The van der Waals surface area contributed by atoms with Gasteiger partial charge in [0.2, 0.25) is 0 Å². The van der Waals surface area contributed by atoms with Crippen LogP contribution in [0.1, 0.15) is 43.0 Å². The Bertz CT molecular complexity index is 732. The maximum absolute atomic E-state index is 6.01. The second kappa shape index (κ2) is 12.5. The summed E-state index contributed by atoms with van der Waals surface area (Å²) in [5.74, 6) is 1.72. The Morgan fingerprint density at radius 1 is 1.04 bits per heavy atom. The van der Waals surface area contributed by atoms with Gasteiger partial charge in [-0.3, -0.25) is 4.98 Å². The Labute approximate surface area is 162 Å². The van der Waals surface area contributed by atoms with E-state index in [1.165, 1.54) is 7.11 Å². The van der Waals surface area contributed by atoms with E-state index in [0.717, 1.165) is 33.8 Å². The number of hydrogen-bond donors (Lipinski definition) is 0. The maximum Gasteiger partial charge on any atom is 0.125 e. The molecule has 1 heterocycles. The van der Waals surface area contributed by atoms with Gasteiger partial charge in [-0.15, -0.1) is 0 Å². The van der Waals surface area contributed by atoms with Crippen molar-refractivity contribution in [2.75, 3.05) is 13.7 Å². The van der Waals surface area contributed by atoms with Crippen LogP contribution < -0.4 is 9.47 Å². The number of hydrogen-bond acceptors (Lipinski definition) is 5. The summed E-state index contributed by atoms with van der Waals surface area (Å²) in [6.07, 6.45) is 9.06. The zero-order valence-electron chi connectivity index (χ0n) is 17.2. The van der Waals surface area contributed by atoms with Gasteiger partial charge in [-0.1, -0.05) is 31.2 Å². The summed E-state index contributed by atoms with van der Waals surface area (Å²) in [6, 6.07) is 5.95. The summed E-state index contributed by atoms with van der Waals surface area (Å²) in [5, 5.41) is 3.75. The van der Waals surface area contributed by atoms with Gasteiger partial charge in [-0.25, -0.2) is 0 Å². The fourth-order valence-corrected chi connectivity index (χ4v) is 2.39. The summed E-state index contributed by atoms with van der Waals surface area (Å²) < 4.78 is 11.7. The Morgan fingerprint density at radius 2 is 1.74 bits per heavy atom. The molecule has 0 spiro atoms. The smallest absolute Gasteiger partial charge is 0.125 e. The van der Waals surface area contributed by atoms with Crippen LogP contribution in [-0.4, -0.2) is 24.9 Å². The predicted molar refractivity (Wildman–Crippen MR) is 111 cm³/mol. The first-order valence-electron chi connectivity index (χ1n) is 9.12. The van der Waals surface area contributed by atoms with E-state index < -0.39 is 0 Å². The quantitative estimate of drug-likeness (QED) is 0.362. The molecule has 0 radical (unpaired) electrons. The fraction of sp³-hybridized carbons (Fsp3) is 0.364. The van der Waals surface area contributed by atoms with Gasteiger partial charge in [-0.2, -0.15) is 0 Å². The molecule has 0 aliphatic rings. The Hall–Kier alpha value is -2.82. The van der Waals surface area contributed by atoms with Crippen molar-refractivity contribution in [3.8, 4) is 11.5 Å². The second-order valence-corrected chi connectivity index (χ2v) is 5.60. The first kappa shape index (κ1) is 22.2. The molecule has 0 saturated carbocycles. The average molecular weight is 370 g/mol. The summed E-state index contributed by atoms with van der Waals surface area (Å²) in [7, 11) is 1.51. The third-order valence-corrected chi connectivity index (χ3v) is 3.52. The Balaban J connectivity index is 0.00000176. The monoisotopic (exact) mass is 370 g/mol. The van der Waals surface area contributed by atoms with Crippen LogP contribution in [-0.2, 0) is 11.4 Å². The summed E-state index contributed by atoms with van der Waals surface area (Å²) >= 11 is 0. The van der Waals surface area contributed by atoms with Crippen molar-refractivity contribution in [3.63, 3.8) is 0 Å². The molecule has 5 nitrogen and oxygen atoms in total. The molecule has 0 aliphatic heterocycles. The molecular weight excluding hydrogens is 340 g/mol. The summed E-state index contributed by atoms with van der Waals surface area (Å²) in [4.78, 5) is 8.88. The number of rotatable bonds is 8. The van der Waals surface area contributed by atoms with E-state index in [1.54, 1.807) is 18.6 Å². The van der Waals surface area contributed by atoms with Crippen molar-refractivity contribution >= 4 is 6.21 Å². The van der Waals surface area contributed by atoms with Crippen molar-refractivity contribution in [2.24, 2.45) is 5.16 Å². The minimum atomic E-state index is 0.433. The first-order chi connectivity index (χ1) is 13.1. The number of pyridine rings is 1. The highest BCUT2D eigenvalue weighted by molar-refractivity contribution is 5.78. The van der Waals surface area contributed by atoms with Crippen molar-refractivity contribution < 1.29 is 14.3 Å². The number of allylic oxidation sites excluding steroid dienone is 1. The summed E-state index contributed by atoms with van der Waals surface area (Å²) in [5.41, 5.74) is 3.91. The molecule has 0 amide bonds. The lowest BCUT2D eigenvalue weighted by Crippen LogP contribution is -2.02. The van der Waals surface area contributed by atoms with E-state index in [2.05, 4.69) is 15.0 Å². The van der Waals surface area contributed by atoms with Crippen LogP contribution in [0.4, 0.5) is 0 Å². The molecule has 1 aromatic carbocycles. The molecular formula is C22H30N2O3. The van der Waals surface area contributed by atoms with E-state index in [9.17, 15) is 0 Å². The van der Waals surface area contributed by atoms with Crippen LogP contribution in [0.2, 0.25) is 0 Å². The van der Waals surface area contributed by atoms with Crippen LogP contribution >= 0.6 is 0 Å². The zero-order valence-corrected chi connectivity index (χ0v) is 17.2. The highest BCUT2D eigenvalue weighted by Gasteiger charge is 2.08. The normalized spacial score (nSPS) is 10.6. The second-order valence-electron chi connectivity index (χ2n) is 5.60. The number of oxime groups is 1. The third kappa shape index (κ3) is 7.52. The highest BCUT2D eigenvalue weighted by Crippen LogP contribution is 2.29. The van der Waals surface area contributed by atoms with E-state index in [1.807, 2.05) is 65.0 Å². The molecule has 1 aromatic heterocycles. The van der Waals surface area contributed by atoms with Gasteiger partial charge in [0.25, 0.3) is 0 Å². The number of aromatic nitrogens is 1. The number of ether oxygens (including phenoxy) is 2. The Morgan fingerprint density at radius 3 is 2.37 bits per heavy atom. The number of nitrogens with zero attached hydrogens (tertiary/aromatic N) is 2. The molecule has 0 bridgehead atoms. The first-order valence-corrected chi connectivity index (χ1v) is 9.12. The van der Waals surface area contributed by atoms with Crippen LogP contribution in [0.25, 0.3) is 0 Å². The topological polar surface area (TPSA) is 52.9 Å². The van der Waals surface area contributed by atoms with Gasteiger partial charge in [0.15, 0.2) is 0 Å². The minimum Gasteiger partial charge on any atom is -0.490 e. The molecule has 146 valence electrons. The molecule has 0 unspecified atom stereocenters. The minimum absolute atomic E-state index is 0.433. The SMILES string of the molecule is C/C=C/COc1cc(C)c(OCc2cncc(C=NOC)c2)c(C)c1.CC. The van der Waals surface area contributed by atoms with Crippen LogP contribution in [0.5, 0.6) is 11.5 Å². The lowest BCUT2D eigenvalue weighted by atomic mass is 10.1. The molecule has 0 saturated heterocycles. The molecule has 2 aromatic rings. The largest absolute Gasteiger partial charge is 0.490 e. The van der Waals surface area contributed by atoms with E-state index in [0.29, 0.717) is 13.2 Å². The van der Waals surface area contributed by atoms with Gasteiger partial charge in [0.1, 0.15) is 31.8 Å². The molecule has 0 fully saturated rings. The lowest BCUT2D eigenvalue weighted by Gasteiger charge is -2.14. The van der Waals surface area contributed by atoms with Gasteiger partial charge < -0.3 is 14.3 Å². The molecule has 2 rings (SSSR count). The molecule has 0 aliphatic carbocycles. The molecule has 0 N–H and O–H groups in total. The Kier molecular flexibility index (Phi) is 10.3. The van der Waals surface area contributed by atoms with Crippen molar-refractivity contribution in [3.05, 3.63) is 65.0 Å². The predicted octanol–water partition coefficient (Wildman–Crippen LogP) is 5.24. The lowest BCUT2D eigenvalue weighted by molar-refractivity contribution is 0.215. The van der Waals surface area contributed by atoms with Crippen LogP contribution in [0.3, 0.4) is 0 Å². The van der Waals surface area contributed by atoms with Gasteiger partial charge in [0.05, 0.1) is 6.21 Å². The number of aryl methyl sites for hydroxylation is 2. The van der Waals surface area contributed by atoms with Crippen LogP contribution in [0.15, 0.2) is 47.9 Å². The van der Waals surface area contributed by atoms with E-state index >= 15 is 0 Å². The van der Waals surface area contributed by atoms with Crippen molar-refractivity contribution in [1.82, 2.24) is 4.98 Å². The standard InChI is InChI=1S/C20H24N2O3.C2H6/c1-5-6-7-24-19-8-15(2)20(16(3)9-19)25-14-18-10-17(11-21-12-18)13-22-23-4;1-2/h5-6,8-13H,7,14H2,1-4H3;1-2H3/b6-5+,22-13?;. The van der Waals surface area contributed by atoms with Gasteiger partial charge in [0, 0.05) is 23.5 Å². The van der Waals surface area contributed by atoms with Gasteiger partial charge in [-0.05, 0) is 50.1 Å². The summed E-state index contributed by atoms with van der Waals surface area (Å²) in [6.45, 7) is 11.0.